The predicted molar refractivity (Wildman–Crippen MR) is 80.4 cm³/mol. The average molecular weight is 261 g/mol. The van der Waals surface area contributed by atoms with Crippen LogP contribution in [0.1, 0.15) is 45.1 Å². The normalized spacial score (nSPS) is 23.7. The van der Waals surface area contributed by atoms with Crippen LogP contribution in [0, 0.1) is 11.8 Å². The Bertz CT molecular complexity index is 363. The fourth-order valence-corrected chi connectivity index (χ4v) is 3.07. The van der Waals surface area contributed by atoms with Gasteiger partial charge in [0.05, 0.1) is 0 Å². The summed E-state index contributed by atoms with van der Waals surface area (Å²) in [6, 6.07) is 8.26. The molecule has 1 aliphatic carbocycles. The molecule has 1 aromatic rings. The molecular weight excluding hydrogens is 234 g/mol. The summed E-state index contributed by atoms with van der Waals surface area (Å²) in [5.74, 6) is 2.14. The Labute approximate surface area is 117 Å². The summed E-state index contributed by atoms with van der Waals surface area (Å²) >= 11 is 0. The van der Waals surface area contributed by atoms with Crippen LogP contribution in [0.4, 0.5) is 0 Å². The largest absolute Gasteiger partial charge is 0.508 e. The summed E-state index contributed by atoms with van der Waals surface area (Å²) in [6.45, 7) is 5.74. The van der Waals surface area contributed by atoms with Crippen molar-refractivity contribution >= 4 is 0 Å². The monoisotopic (exact) mass is 261 g/mol. The zero-order valence-electron chi connectivity index (χ0n) is 12.2. The van der Waals surface area contributed by atoms with Gasteiger partial charge in [0, 0.05) is 6.04 Å². The SMILES string of the molecule is CC(C)C1CCC(NCCc2ccc(O)cc2)CC1. The molecule has 1 aromatic carbocycles. The molecule has 0 atom stereocenters. The zero-order valence-corrected chi connectivity index (χ0v) is 12.2. The summed E-state index contributed by atoms with van der Waals surface area (Å²) in [7, 11) is 0. The maximum atomic E-state index is 9.24. The molecule has 1 aliphatic rings. The van der Waals surface area contributed by atoms with Gasteiger partial charge in [-0.25, -0.2) is 0 Å². The van der Waals surface area contributed by atoms with Gasteiger partial charge in [-0.05, 0) is 68.2 Å². The summed E-state index contributed by atoms with van der Waals surface area (Å²) in [6.07, 6.45) is 6.48. The molecule has 2 rings (SSSR count). The van der Waals surface area contributed by atoms with E-state index < -0.39 is 0 Å². The highest BCUT2D eigenvalue weighted by Gasteiger charge is 2.22. The van der Waals surface area contributed by atoms with E-state index in [1.807, 2.05) is 12.1 Å². The highest BCUT2D eigenvalue weighted by atomic mass is 16.3. The molecule has 0 saturated heterocycles. The van der Waals surface area contributed by atoms with Crippen LogP contribution < -0.4 is 5.32 Å². The lowest BCUT2D eigenvalue weighted by molar-refractivity contribution is 0.239. The summed E-state index contributed by atoms with van der Waals surface area (Å²) in [4.78, 5) is 0. The molecule has 0 aliphatic heterocycles. The van der Waals surface area contributed by atoms with E-state index in [9.17, 15) is 5.11 Å². The van der Waals surface area contributed by atoms with E-state index in [0.29, 0.717) is 11.8 Å². The van der Waals surface area contributed by atoms with Gasteiger partial charge in [0.25, 0.3) is 0 Å². The zero-order chi connectivity index (χ0) is 13.7. The predicted octanol–water partition coefficient (Wildman–Crippen LogP) is 3.74. The smallest absolute Gasteiger partial charge is 0.115 e. The van der Waals surface area contributed by atoms with Crippen molar-refractivity contribution in [3.63, 3.8) is 0 Å². The molecule has 0 spiro atoms. The van der Waals surface area contributed by atoms with Gasteiger partial charge in [-0.15, -0.1) is 0 Å². The molecule has 106 valence electrons. The van der Waals surface area contributed by atoms with Crippen molar-refractivity contribution < 1.29 is 5.11 Å². The number of aromatic hydroxyl groups is 1. The van der Waals surface area contributed by atoms with E-state index in [-0.39, 0.29) is 0 Å². The first kappa shape index (κ1) is 14.4. The number of hydrogen-bond acceptors (Lipinski definition) is 2. The number of phenolic OH excluding ortho intramolecular Hbond substituents is 1. The second-order valence-electron chi connectivity index (χ2n) is 6.23. The Morgan fingerprint density at radius 1 is 1.11 bits per heavy atom. The molecule has 0 radical (unpaired) electrons. The second-order valence-corrected chi connectivity index (χ2v) is 6.23. The van der Waals surface area contributed by atoms with E-state index in [1.54, 1.807) is 12.1 Å². The first-order valence-electron chi connectivity index (χ1n) is 7.66. The van der Waals surface area contributed by atoms with Crippen LogP contribution in [-0.4, -0.2) is 17.7 Å². The third-order valence-corrected chi connectivity index (χ3v) is 4.50. The van der Waals surface area contributed by atoms with Gasteiger partial charge in [-0.1, -0.05) is 26.0 Å². The third-order valence-electron chi connectivity index (χ3n) is 4.50. The van der Waals surface area contributed by atoms with Crippen LogP contribution in [0.25, 0.3) is 0 Å². The topological polar surface area (TPSA) is 32.3 Å². The minimum Gasteiger partial charge on any atom is -0.508 e. The molecule has 19 heavy (non-hydrogen) atoms. The molecule has 1 fully saturated rings. The molecule has 0 unspecified atom stereocenters. The van der Waals surface area contributed by atoms with Crippen molar-refractivity contribution in [1.29, 1.82) is 0 Å². The number of hydrogen-bond donors (Lipinski definition) is 2. The van der Waals surface area contributed by atoms with E-state index in [4.69, 9.17) is 0 Å². The molecule has 0 aromatic heterocycles. The Morgan fingerprint density at radius 2 is 1.74 bits per heavy atom. The standard InChI is InChI=1S/C17H27NO/c1-13(2)15-5-7-16(8-6-15)18-12-11-14-3-9-17(19)10-4-14/h3-4,9-10,13,15-16,18-19H,5-8,11-12H2,1-2H3. The van der Waals surface area contributed by atoms with Crippen molar-refractivity contribution in [3.8, 4) is 5.75 Å². The minimum atomic E-state index is 0.351. The molecule has 1 saturated carbocycles. The molecule has 2 heteroatoms. The summed E-state index contributed by atoms with van der Waals surface area (Å²) in [5, 5.41) is 12.9. The number of phenols is 1. The van der Waals surface area contributed by atoms with Crippen molar-refractivity contribution in [2.24, 2.45) is 11.8 Å². The van der Waals surface area contributed by atoms with Gasteiger partial charge in [0.15, 0.2) is 0 Å². The lowest BCUT2D eigenvalue weighted by atomic mass is 9.80. The van der Waals surface area contributed by atoms with Crippen molar-refractivity contribution in [1.82, 2.24) is 5.32 Å². The van der Waals surface area contributed by atoms with Gasteiger partial charge >= 0.3 is 0 Å². The summed E-state index contributed by atoms with van der Waals surface area (Å²) < 4.78 is 0. The Morgan fingerprint density at radius 3 is 2.32 bits per heavy atom. The number of rotatable bonds is 5. The fraction of sp³-hybridized carbons (Fsp3) is 0.647. The maximum absolute atomic E-state index is 9.24. The fourth-order valence-electron chi connectivity index (χ4n) is 3.07. The van der Waals surface area contributed by atoms with Gasteiger partial charge in [-0.2, -0.15) is 0 Å². The second kappa shape index (κ2) is 6.95. The molecule has 2 N–H and O–H groups in total. The van der Waals surface area contributed by atoms with E-state index in [0.717, 1.165) is 24.8 Å². The lowest BCUT2D eigenvalue weighted by Gasteiger charge is -2.31. The van der Waals surface area contributed by atoms with Gasteiger partial charge in [0.1, 0.15) is 5.75 Å². The average Bonchev–Trinajstić information content (AvgIpc) is 2.41. The number of nitrogens with one attached hydrogen (secondary N) is 1. The number of benzene rings is 1. The molecule has 0 bridgehead atoms. The van der Waals surface area contributed by atoms with Crippen LogP contribution >= 0.6 is 0 Å². The highest BCUT2D eigenvalue weighted by molar-refractivity contribution is 5.25. The maximum Gasteiger partial charge on any atom is 0.115 e. The van der Waals surface area contributed by atoms with Crippen molar-refractivity contribution in [2.75, 3.05) is 6.54 Å². The van der Waals surface area contributed by atoms with Crippen molar-refractivity contribution in [2.45, 2.75) is 52.0 Å². The van der Waals surface area contributed by atoms with Crippen molar-refractivity contribution in [3.05, 3.63) is 29.8 Å². The van der Waals surface area contributed by atoms with Gasteiger partial charge in [-0.3, -0.25) is 0 Å². The molecule has 0 heterocycles. The molecular formula is C17H27NO. The van der Waals surface area contributed by atoms with E-state index >= 15 is 0 Å². The first-order valence-corrected chi connectivity index (χ1v) is 7.66. The van der Waals surface area contributed by atoms with E-state index in [2.05, 4.69) is 19.2 Å². The van der Waals surface area contributed by atoms with Crippen LogP contribution in [0.15, 0.2) is 24.3 Å². The lowest BCUT2D eigenvalue weighted by Crippen LogP contribution is -2.35. The third kappa shape index (κ3) is 4.54. The van der Waals surface area contributed by atoms with Crippen LogP contribution in [-0.2, 0) is 6.42 Å². The first-order chi connectivity index (χ1) is 9.15. The molecule has 0 amide bonds. The van der Waals surface area contributed by atoms with E-state index in [1.165, 1.54) is 31.2 Å². The summed E-state index contributed by atoms with van der Waals surface area (Å²) in [5.41, 5.74) is 1.29. The Kier molecular flexibility index (Phi) is 5.26. The van der Waals surface area contributed by atoms with Gasteiger partial charge in [0.2, 0.25) is 0 Å². The Hall–Kier alpha value is -1.02. The Balaban J connectivity index is 1.65. The minimum absolute atomic E-state index is 0.351. The van der Waals surface area contributed by atoms with Crippen LogP contribution in [0.2, 0.25) is 0 Å². The quantitative estimate of drug-likeness (QED) is 0.846. The molecule has 2 nitrogen and oxygen atoms in total. The highest BCUT2D eigenvalue weighted by Crippen LogP contribution is 2.29. The van der Waals surface area contributed by atoms with Crippen LogP contribution in [0.3, 0.4) is 0 Å². The van der Waals surface area contributed by atoms with Gasteiger partial charge < -0.3 is 10.4 Å². The van der Waals surface area contributed by atoms with Crippen LogP contribution in [0.5, 0.6) is 5.75 Å².